The zero-order valence-electron chi connectivity index (χ0n) is 16.2. The second kappa shape index (κ2) is 8.84. The highest BCUT2D eigenvalue weighted by atomic mass is 16.5. The maximum Gasteiger partial charge on any atom is 0.276 e. The largest absolute Gasteiger partial charge is 0.381 e. The number of benzene rings is 2. The van der Waals surface area contributed by atoms with Crippen molar-refractivity contribution in [3.63, 3.8) is 0 Å². The van der Waals surface area contributed by atoms with Crippen molar-refractivity contribution in [2.24, 2.45) is 0 Å². The van der Waals surface area contributed by atoms with Gasteiger partial charge >= 0.3 is 0 Å². The Labute approximate surface area is 170 Å². The molecule has 0 spiro atoms. The van der Waals surface area contributed by atoms with Crippen molar-refractivity contribution in [3.05, 3.63) is 84.1 Å². The van der Waals surface area contributed by atoms with Gasteiger partial charge in [-0.15, -0.1) is 10.2 Å². The maximum atomic E-state index is 12.3. The summed E-state index contributed by atoms with van der Waals surface area (Å²) in [5.74, 6) is 0.378. The molecule has 4 rings (SSSR count). The van der Waals surface area contributed by atoms with E-state index in [2.05, 4.69) is 45.1 Å². The quantitative estimate of drug-likeness (QED) is 0.670. The molecular weight excluding hydrogens is 364 g/mol. The molecule has 1 amide bonds. The van der Waals surface area contributed by atoms with Crippen molar-refractivity contribution < 1.29 is 9.53 Å². The van der Waals surface area contributed by atoms with Gasteiger partial charge in [0.05, 0.1) is 0 Å². The van der Waals surface area contributed by atoms with Crippen LogP contribution in [0.1, 0.15) is 28.9 Å². The van der Waals surface area contributed by atoms with Crippen LogP contribution in [-0.4, -0.2) is 35.9 Å². The molecule has 148 valence electrons. The van der Waals surface area contributed by atoms with Crippen molar-refractivity contribution in [3.8, 4) is 0 Å². The van der Waals surface area contributed by atoms with Crippen LogP contribution < -0.4 is 10.6 Å². The predicted molar refractivity (Wildman–Crippen MR) is 113 cm³/mol. The first-order valence-corrected chi connectivity index (χ1v) is 9.82. The summed E-state index contributed by atoms with van der Waals surface area (Å²) >= 11 is 0. The van der Waals surface area contributed by atoms with E-state index in [1.54, 1.807) is 12.1 Å². The van der Waals surface area contributed by atoms with Crippen molar-refractivity contribution in [2.75, 3.05) is 30.4 Å². The third-order valence-corrected chi connectivity index (χ3v) is 5.37. The van der Waals surface area contributed by atoms with E-state index in [-0.39, 0.29) is 17.0 Å². The summed E-state index contributed by atoms with van der Waals surface area (Å²) in [6, 6.07) is 23.3. The van der Waals surface area contributed by atoms with Crippen molar-refractivity contribution in [1.82, 2.24) is 10.2 Å². The third-order valence-electron chi connectivity index (χ3n) is 5.37. The van der Waals surface area contributed by atoms with Crippen LogP contribution in [0.3, 0.4) is 0 Å². The number of rotatable bonds is 6. The van der Waals surface area contributed by atoms with E-state index in [4.69, 9.17) is 4.74 Å². The lowest BCUT2D eigenvalue weighted by atomic mass is 9.74. The molecule has 6 heteroatoms. The maximum absolute atomic E-state index is 12.3. The summed E-state index contributed by atoms with van der Waals surface area (Å²) in [7, 11) is 0. The molecule has 1 saturated heterocycles. The average molecular weight is 388 g/mol. The normalized spacial score (nSPS) is 15.4. The zero-order valence-corrected chi connectivity index (χ0v) is 16.2. The molecule has 1 aliphatic heterocycles. The van der Waals surface area contributed by atoms with Crippen LogP contribution in [0.25, 0.3) is 0 Å². The molecule has 0 aliphatic carbocycles. The molecule has 0 saturated carbocycles. The van der Waals surface area contributed by atoms with Crippen LogP contribution in [0.5, 0.6) is 0 Å². The van der Waals surface area contributed by atoms with Gasteiger partial charge in [-0.05, 0) is 42.7 Å². The standard InChI is InChI=1S/C23H24N4O2/c28-22(25-19-9-5-2-6-10-19)20-11-12-21(27-26-20)24-17-23(13-15-29-16-14-23)18-7-3-1-4-8-18/h1-12H,13-17H2,(H,24,27)(H,25,28). The Morgan fingerprint density at radius 3 is 2.24 bits per heavy atom. The molecule has 2 heterocycles. The minimum absolute atomic E-state index is 0.00451. The molecule has 6 nitrogen and oxygen atoms in total. The molecule has 0 atom stereocenters. The van der Waals surface area contributed by atoms with Crippen LogP contribution in [0.4, 0.5) is 11.5 Å². The molecule has 2 aromatic carbocycles. The summed E-state index contributed by atoms with van der Waals surface area (Å²) in [4.78, 5) is 12.3. The first-order valence-electron chi connectivity index (χ1n) is 9.82. The predicted octanol–water partition coefficient (Wildman–Crippen LogP) is 3.89. The fourth-order valence-corrected chi connectivity index (χ4v) is 3.65. The minimum atomic E-state index is -0.277. The van der Waals surface area contributed by atoms with E-state index >= 15 is 0 Å². The molecule has 0 radical (unpaired) electrons. The van der Waals surface area contributed by atoms with Gasteiger partial charge in [0.2, 0.25) is 0 Å². The van der Waals surface area contributed by atoms with E-state index < -0.39 is 0 Å². The topological polar surface area (TPSA) is 76.1 Å². The second-order valence-electron chi connectivity index (χ2n) is 7.24. The number of carbonyl (C=O) groups is 1. The highest BCUT2D eigenvalue weighted by Gasteiger charge is 2.34. The van der Waals surface area contributed by atoms with Crippen LogP contribution in [0.15, 0.2) is 72.8 Å². The molecular formula is C23H24N4O2. The van der Waals surface area contributed by atoms with Gasteiger partial charge in [-0.2, -0.15) is 0 Å². The molecule has 0 unspecified atom stereocenters. The Bertz CT molecular complexity index is 924. The lowest BCUT2D eigenvalue weighted by Crippen LogP contribution is -2.40. The van der Waals surface area contributed by atoms with Gasteiger partial charge in [0.1, 0.15) is 5.82 Å². The first-order chi connectivity index (χ1) is 14.3. The fraction of sp³-hybridized carbons (Fsp3) is 0.261. The SMILES string of the molecule is O=C(Nc1ccccc1)c1ccc(NCC2(c3ccccc3)CCOCC2)nn1. The van der Waals surface area contributed by atoms with E-state index in [1.807, 2.05) is 36.4 Å². The number of carbonyl (C=O) groups excluding carboxylic acids is 1. The van der Waals surface area contributed by atoms with Gasteiger partial charge in [-0.1, -0.05) is 48.5 Å². The number of hydrogen-bond acceptors (Lipinski definition) is 5. The van der Waals surface area contributed by atoms with Crippen molar-refractivity contribution in [1.29, 1.82) is 0 Å². The lowest BCUT2D eigenvalue weighted by Gasteiger charge is -2.38. The molecule has 2 N–H and O–H groups in total. The van der Waals surface area contributed by atoms with Gasteiger partial charge in [0.15, 0.2) is 5.69 Å². The van der Waals surface area contributed by atoms with Crippen LogP contribution in [0.2, 0.25) is 0 Å². The molecule has 0 bridgehead atoms. The van der Waals surface area contributed by atoms with Crippen LogP contribution >= 0.6 is 0 Å². The van der Waals surface area contributed by atoms with Gasteiger partial charge in [-0.25, -0.2) is 0 Å². The molecule has 3 aromatic rings. The number of nitrogens with one attached hydrogen (secondary N) is 2. The van der Waals surface area contributed by atoms with E-state index in [0.29, 0.717) is 5.82 Å². The number of para-hydroxylation sites is 1. The van der Waals surface area contributed by atoms with Crippen molar-refractivity contribution in [2.45, 2.75) is 18.3 Å². The first kappa shape index (κ1) is 19.1. The zero-order chi connectivity index (χ0) is 19.9. The van der Waals surface area contributed by atoms with Gasteiger partial charge in [-0.3, -0.25) is 4.79 Å². The number of anilines is 2. The highest BCUT2D eigenvalue weighted by molar-refractivity contribution is 6.02. The van der Waals surface area contributed by atoms with E-state index in [0.717, 1.165) is 38.3 Å². The smallest absolute Gasteiger partial charge is 0.276 e. The Kier molecular flexibility index (Phi) is 5.81. The van der Waals surface area contributed by atoms with Gasteiger partial charge in [0.25, 0.3) is 5.91 Å². The molecule has 29 heavy (non-hydrogen) atoms. The Morgan fingerprint density at radius 1 is 0.897 bits per heavy atom. The summed E-state index contributed by atoms with van der Waals surface area (Å²) < 4.78 is 5.59. The summed E-state index contributed by atoms with van der Waals surface area (Å²) in [5, 5.41) is 14.5. The number of ether oxygens (including phenoxy) is 1. The van der Waals surface area contributed by atoms with Gasteiger partial charge < -0.3 is 15.4 Å². The molecule has 1 fully saturated rings. The summed E-state index contributed by atoms with van der Waals surface area (Å²) in [6.45, 7) is 2.24. The number of amides is 1. The molecule has 1 aromatic heterocycles. The number of aromatic nitrogens is 2. The van der Waals surface area contributed by atoms with Crippen LogP contribution in [-0.2, 0) is 10.2 Å². The van der Waals surface area contributed by atoms with E-state index in [9.17, 15) is 4.79 Å². The average Bonchev–Trinajstić information content (AvgIpc) is 2.80. The lowest BCUT2D eigenvalue weighted by molar-refractivity contribution is 0.0543. The van der Waals surface area contributed by atoms with Gasteiger partial charge in [0, 0.05) is 30.9 Å². The number of nitrogens with zero attached hydrogens (tertiary/aromatic N) is 2. The Balaban J connectivity index is 1.42. The Hall–Kier alpha value is -3.25. The summed E-state index contributed by atoms with van der Waals surface area (Å²) in [5.41, 5.74) is 2.32. The Morgan fingerprint density at radius 2 is 1.59 bits per heavy atom. The monoisotopic (exact) mass is 388 g/mol. The molecule has 1 aliphatic rings. The fourth-order valence-electron chi connectivity index (χ4n) is 3.65. The van der Waals surface area contributed by atoms with E-state index in [1.165, 1.54) is 5.56 Å². The number of hydrogen-bond donors (Lipinski definition) is 2. The second-order valence-corrected chi connectivity index (χ2v) is 7.24. The van der Waals surface area contributed by atoms with Crippen LogP contribution in [0, 0.1) is 0 Å². The summed E-state index contributed by atoms with van der Waals surface area (Å²) in [6.07, 6.45) is 1.91. The third kappa shape index (κ3) is 4.60. The van der Waals surface area contributed by atoms with Crippen molar-refractivity contribution >= 4 is 17.4 Å². The minimum Gasteiger partial charge on any atom is -0.381 e. The highest BCUT2D eigenvalue weighted by Crippen LogP contribution is 2.34.